The van der Waals surface area contributed by atoms with Gasteiger partial charge in [-0.25, -0.2) is 4.98 Å². The molecule has 0 fully saturated rings. The van der Waals surface area contributed by atoms with E-state index in [1.165, 1.54) is 0 Å². The van der Waals surface area contributed by atoms with E-state index in [4.69, 9.17) is 5.73 Å². The fraction of sp³-hybridized carbons (Fsp3) is 0.455. The van der Waals surface area contributed by atoms with Crippen LogP contribution in [-0.4, -0.2) is 21.7 Å². The van der Waals surface area contributed by atoms with Gasteiger partial charge < -0.3 is 5.73 Å². The highest BCUT2D eigenvalue weighted by Gasteiger charge is 2.14. The first kappa shape index (κ1) is 11.3. The molecule has 0 aliphatic carbocycles. The Labute approximate surface area is 98.9 Å². The minimum atomic E-state index is 0.297. The van der Waals surface area contributed by atoms with E-state index in [-0.39, 0.29) is 0 Å². The van der Waals surface area contributed by atoms with Gasteiger partial charge in [0.25, 0.3) is 0 Å². The van der Waals surface area contributed by atoms with Gasteiger partial charge in [-0.15, -0.1) is 11.3 Å². The zero-order chi connectivity index (χ0) is 11.4. The quantitative estimate of drug-likeness (QED) is 0.837. The average molecular weight is 236 g/mol. The molecule has 2 aromatic rings. The molecular weight excluding hydrogens is 220 g/mol. The molecule has 0 aromatic carbocycles. The highest BCUT2D eigenvalue weighted by Crippen LogP contribution is 2.23. The van der Waals surface area contributed by atoms with Crippen LogP contribution < -0.4 is 5.73 Å². The maximum absolute atomic E-state index is 5.73. The van der Waals surface area contributed by atoms with Gasteiger partial charge in [0.15, 0.2) is 5.82 Å². The van der Waals surface area contributed by atoms with E-state index in [9.17, 15) is 0 Å². The molecule has 0 aliphatic heterocycles. The number of hydrogen-bond donors (Lipinski definition) is 2. The third kappa shape index (κ3) is 2.31. The summed E-state index contributed by atoms with van der Waals surface area (Å²) in [4.78, 5) is 5.60. The molecule has 5 heteroatoms. The highest BCUT2D eigenvalue weighted by molar-refractivity contribution is 7.13. The van der Waals surface area contributed by atoms with Crippen molar-refractivity contribution in [1.29, 1.82) is 0 Å². The number of nitrogens with two attached hydrogens (primary N) is 1. The number of thiophene rings is 1. The summed E-state index contributed by atoms with van der Waals surface area (Å²) in [5.74, 6) is 1.98. The summed E-state index contributed by atoms with van der Waals surface area (Å²) >= 11 is 1.65. The second-order valence-electron chi connectivity index (χ2n) is 3.74. The van der Waals surface area contributed by atoms with Gasteiger partial charge >= 0.3 is 0 Å². The van der Waals surface area contributed by atoms with Crippen molar-refractivity contribution >= 4 is 11.3 Å². The van der Waals surface area contributed by atoms with Crippen LogP contribution in [0.4, 0.5) is 0 Å². The first-order valence-corrected chi connectivity index (χ1v) is 6.39. The summed E-state index contributed by atoms with van der Waals surface area (Å²) in [6, 6.07) is 4.03. The Kier molecular flexibility index (Phi) is 3.69. The van der Waals surface area contributed by atoms with Gasteiger partial charge in [-0.05, 0) is 17.9 Å². The normalized spacial score (nSPS) is 12.9. The summed E-state index contributed by atoms with van der Waals surface area (Å²) in [6.07, 6.45) is 2.16. The lowest BCUT2D eigenvalue weighted by atomic mass is 10.0. The molecule has 3 N–H and O–H groups in total. The fourth-order valence-corrected chi connectivity index (χ4v) is 2.35. The lowest BCUT2D eigenvalue weighted by molar-refractivity contribution is 0.591. The summed E-state index contributed by atoms with van der Waals surface area (Å²) in [6.45, 7) is 2.77. The van der Waals surface area contributed by atoms with Gasteiger partial charge in [0.2, 0.25) is 0 Å². The summed E-state index contributed by atoms with van der Waals surface area (Å²) in [7, 11) is 0. The number of rotatable bonds is 5. The lowest BCUT2D eigenvalue weighted by Gasteiger charge is -2.08. The molecule has 4 nitrogen and oxygen atoms in total. The van der Waals surface area contributed by atoms with E-state index in [1.807, 2.05) is 17.5 Å². The zero-order valence-corrected chi connectivity index (χ0v) is 10.1. The van der Waals surface area contributed by atoms with Crippen molar-refractivity contribution in [2.45, 2.75) is 25.7 Å². The predicted octanol–water partition coefficient (Wildman–Crippen LogP) is 2.38. The first-order valence-electron chi connectivity index (χ1n) is 5.51. The molecule has 0 spiro atoms. The smallest absolute Gasteiger partial charge is 0.191 e. The standard InChI is InChI=1S/C11H16N4S/c1-2-4-8(7-12)10-13-11(15-14-10)9-5-3-6-16-9/h3,5-6,8H,2,4,7,12H2,1H3,(H,13,14,15). The van der Waals surface area contributed by atoms with Crippen LogP contribution >= 0.6 is 11.3 Å². The van der Waals surface area contributed by atoms with E-state index in [0.29, 0.717) is 12.5 Å². The van der Waals surface area contributed by atoms with Crippen LogP contribution in [0, 0.1) is 0 Å². The van der Waals surface area contributed by atoms with Crippen molar-refractivity contribution in [2.24, 2.45) is 5.73 Å². The first-order chi connectivity index (χ1) is 7.85. The number of aromatic nitrogens is 3. The van der Waals surface area contributed by atoms with Crippen LogP contribution in [0.15, 0.2) is 17.5 Å². The Morgan fingerprint density at radius 2 is 2.44 bits per heavy atom. The van der Waals surface area contributed by atoms with Crippen LogP contribution in [0.3, 0.4) is 0 Å². The maximum atomic E-state index is 5.73. The van der Waals surface area contributed by atoms with Crippen LogP contribution in [0.2, 0.25) is 0 Å². The minimum absolute atomic E-state index is 0.297. The monoisotopic (exact) mass is 236 g/mol. The lowest BCUT2D eigenvalue weighted by Crippen LogP contribution is -2.13. The molecule has 16 heavy (non-hydrogen) atoms. The van der Waals surface area contributed by atoms with Crippen LogP contribution in [0.25, 0.3) is 10.7 Å². The molecule has 0 amide bonds. The average Bonchev–Trinajstić information content (AvgIpc) is 2.95. The molecule has 2 aromatic heterocycles. The summed E-state index contributed by atoms with van der Waals surface area (Å²) in [5.41, 5.74) is 5.73. The highest BCUT2D eigenvalue weighted by atomic mass is 32.1. The molecule has 0 saturated carbocycles. The van der Waals surface area contributed by atoms with Gasteiger partial charge in [0.05, 0.1) is 4.88 Å². The van der Waals surface area contributed by atoms with Gasteiger partial charge in [-0.2, -0.15) is 5.10 Å². The minimum Gasteiger partial charge on any atom is -0.330 e. The zero-order valence-electron chi connectivity index (χ0n) is 9.31. The van der Waals surface area contributed by atoms with Crippen molar-refractivity contribution in [2.75, 3.05) is 6.54 Å². The number of nitrogens with one attached hydrogen (secondary N) is 1. The van der Waals surface area contributed by atoms with Crippen molar-refractivity contribution < 1.29 is 0 Å². The number of H-pyrrole nitrogens is 1. The van der Waals surface area contributed by atoms with E-state index < -0.39 is 0 Å². The summed E-state index contributed by atoms with van der Waals surface area (Å²) < 4.78 is 0. The predicted molar refractivity (Wildman–Crippen MR) is 66.4 cm³/mol. The van der Waals surface area contributed by atoms with Gasteiger partial charge in [-0.3, -0.25) is 5.10 Å². The van der Waals surface area contributed by atoms with Gasteiger partial charge in [0, 0.05) is 12.5 Å². The molecule has 0 radical (unpaired) electrons. The molecular formula is C11H16N4S. The van der Waals surface area contributed by atoms with Crippen molar-refractivity contribution in [1.82, 2.24) is 15.2 Å². The largest absolute Gasteiger partial charge is 0.330 e. The van der Waals surface area contributed by atoms with E-state index >= 15 is 0 Å². The molecule has 2 rings (SSSR count). The molecule has 86 valence electrons. The molecule has 0 aliphatic rings. The number of aromatic amines is 1. The van der Waals surface area contributed by atoms with Crippen molar-refractivity contribution in [3.05, 3.63) is 23.3 Å². The number of nitrogens with zero attached hydrogens (tertiary/aromatic N) is 2. The Hall–Kier alpha value is -1.20. The van der Waals surface area contributed by atoms with Crippen molar-refractivity contribution in [3.8, 4) is 10.7 Å². The van der Waals surface area contributed by atoms with Crippen molar-refractivity contribution in [3.63, 3.8) is 0 Å². The Morgan fingerprint density at radius 3 is 3.06 bits per heavy atom. The molecule has 0 bridgehead atoms. The SMILES string of the molecule is CCCC(CN)c1nc(-c2cccs2)n[nH]1. The summed E-state index contributed by atoms with van der Waals surface area (Å²) in [5, 5.41) is 9.25. The van der Waals surface area contributed by atoms with Crippen LogP contribution in [0.5, 0.6) is 0 Å². The molecule has 2 heterocycles. The number of hydrogen-bond acceptors (Lipinski definition) is 4. The molecule has 1 unspecified atom stereocenters. The van der Waals surface area contributed by atoms with Crippen LogP contribution in [0.1, 0.15) is 31.5 Å². The third-order valence-electron chi connectivity index (χ3n) is 2.55. The van der Waals surface area contributed by atoms with Crippen LogP contribution in [-0.2, 0) is 0 Å². The second-order valence-corrected chi connectivity index (χ2v) is 4.69. The fourth-order valence-electron chi connectivity index (χ4n) is 1.69. The maximum Gasteiger partial charge on any atom is 0.191 e. The van der Waals surface area contributed by atoms with E-state index in [1.54, 1.807) is 11.3 Å². The molecule has 0 saturated heterocycles. The van der Waals surface area contributed by atoms with E-state index in [2.05, 4.69) is 22.1 Å². The topological polar surface area (TPSA) is 67.6 Å². The van der Waals surface area contributed by atoms with Gasteiger partial charge in [0.1, 0.15) is 5.82 Å². The Morgan fingerprint density at radius 1 is 1.56 bits per heavy atom. The molecule has 1 atom stereocenters. The Balaban J connectivity index is 2.18. The van der Waals surface area contributed by atoms with Gasteiger partial charge in [-0.1, -0.05) is 19.4 Å². The van der Waals surface area contributed by atoms with E-state index in [0.717, 1.165) is 29.4 Å². The second kappa shape index (κ2) is 5.23. The Bertz CT molecular complexity index is 421. The third-order valence-corrected chi connectivity index (χ3v) is 3.42.